The minimum absolute atomic E-state index is 0.106. The Balaban J connectivity index is 1.62. The van der Waals surface area contributed by atoms with E-state index in [1.54, 1.807) is 23.9 Å². The summed E-state index contributed by atoms with van der Waals surface area (Å²) in [5, 5.41) is 18.4. The van der Waals surface area contributed by atoms with Crippen molar-refractivity contribution in [3.8, 4) is 11.3 Å². The summed E-state index contributed by atoms with van der Waals surface area (Å²) >= 11 is 0. The summed E-state index contributed by atoms with van der Waals surface area (Å²) in [5.41, 5.74) is 1.41. The molecule has 0 aliphatic heterocycles. The Bertz CT molecular complexity index is 1060. The summed E-state index contributed by atoms with van der Waals surface area (Å²) in [6.45, 7) is 1.45. The highest BCUT2D eigenvalue weighted by molar-refractivity contribution is 5.92. The van der Waals surface area contributed by atoms with E-state index in [1.807, 2.05) is 30.3 Å². The summed E-state index contributed by atoms with van der Waals surface area (Å²) < 4.78 is 15.8. The van der Waals surface area contributed by atoms with Gasteiger partial charge in [-0.15, -0.1) is 0 Å². The second-order valence-electron chi connectivity index (χ2n) is 8.21. The maximum Gasteiger partial charge on any atom is 0.228 e. The van der Waals surface area contributed by atoms with E-state index in [4.69, 9.17) is 0 Å². The number of nitrogens with zero attached hydrogens (tertiary/aromatic N) is 2. The van der Waals surface area contributed by atoms with Gasteiger partial charge in [0.1, 0.15) is 11.6 Å². The predicted molar refractivity (Wildman–Crippen MR) is 114 cm³/mol. The zero-order valence-corrected chi connectivity index (χ0v) is 17.2. The van der Waals surface area contributed by atoms with Gasteiger partial charge < -0.3 is 10.4 Å². The lowest BCUT2D eigenvalue weighted by molar-refractivity contribution is -0.120. The van der Waals surface area contributed by atoms with Gasteiger partial charge in [0.2, 0.25) is 5.91 Å². The Morgan fingerprint density at radius 3 is 2.50 bits per heavy atom. The molecule has 1 aromatic heterocycles. The molecule has 1 aliphatic carbocycles. The molecular formula is C24H26FN3O2. The second kappa shape index (κ2) is 8.03. The first kappa shape index (κ1) is 20.3. The van der Waals surface area contributed by atoms with Crippen LogP contribution in [0.4, 0.5) is 10.2 Å². The van der Waals surface area contributed by atoms with E-state index in [1.165, 1.54) is 19.1 Å². The number of aliphatic hydroxyl groups is 1. The number of rotatable bonds is 6. The van der Waals surface area contributed by atoms with Gasteiger partial charge in [-0.05, 0) is 31.7 Å². The topological polar surface area (TPSA) is 67.2 Å². The van der Waals surface area contributed by atoms with E-state index >= 15 is 0 Å². The van der Waals surface area contributed by atoms with E-state index in [2.05, 4.69) is 10.4 Å². The highest BCUT2D eigenvalue weighted by Crippen LogP contribution is 2.44. The first-order chi connectivity index (χ1) is 14.4. The molecule has 2 aromatic carbocycles. The van der Waals surface area contributed by atoms with Gasteiger partial charge in [-0.2, -0.15) is 5.10 Å². The standard InChI is InChI=1S/C24H26FN3O2/c1-24(30,18-13-6-7-14-19(18)25)15-20(29)26-23-21(16-11-8-12-16)22(27-28(23)2)17-9-4-3-5-10-17/h3-7,9-10,13-14,16,30H,8,11-12,15H2,1-2H3,(H,26,29)/t24-/m1/s1. The third-order valence-electron chi connectivity index (χ3n) is 5.86. The van der Waals surface area contributed by atoms with Crippen molar-refractivity contribution in [3.63, 3.8) is 0 Å². The predicted octanol–water partition coefficient (Wildman–Crippen LogP) is 4.73. The molecule has 1 heterocycles. The van der Waals surface area contributed by atoms with Crippen molar-refractivity contribution in [2.45, 2.75) is 44.1 Å². The minimum Gasteiger partial charge on any atom is -0.385 e. The smallest absolute Gasteiger partial charge is 0.228 e. The molecule has 0 unspecified atom stereocenters. The van der Waals surface area contributed by atoms with Gasteiger partial charge in [0.25, 0.3) is 0 Å². The van der Waals surface area contributed by atoms with Crippen LogP contribution in [0.25, 0.3) is 11.3 Å². The van der Waals surface area contributed by atoms with Crippen molar-refractivity contribution >= 4 is 11.7 Å². The van der Waals surface area contributed by atoms with Crippen molar-refractivity contribution in [1.82, 2.24) is 9.78 Å². The average Bonchev–Trinajstić information content (AvgIpc) is 2.97. The average molecular weight is 407 g/mol. The Hall–Kier alpha value is -2.99. The Morgan fingerprint density at radius 2 is 1.87 bits per heavy atom. The molecule has 5 nitrogen and oxygen atoms in total. The van der Waals surface area contributed by atoms with Crippen molar-refractivity contribution in [1.29, 1.82) is 0 Å². The van der Waals surface area contributed by atoms with E-state index < -0.39 is 11.4 Å². The molecule has 1 atom stereocenters. The molecule has 6 heteroatoms. The first-order valence-electron chi connectivity index (χ1n) is 10.3. The van der Waals surface area contributed by atoms with Gasteiger partial charge in [0.15, 0.2) is 0 Å². The van der Waals surface area contributed by atoms with Crippen molar-refractivity contribution < 1.29 is 14.3 Å². The van der Waals surface area contributed by atoms with Crippen LogP contribution in [-0.2, 0) is 17.4 Å². The number of carbonyl (C=O) groups excluding carboxylic acids is 1. The van der Waals surface area contributed by atoms with Crippen LogP contribution in [0.1, 0.15) is 49.7 Å². The molecule has 1 saturated carbocycles. The van der Waals surface area contributed by atoms with Crippen LogP contribution in [-0.4, -0.2) is 20.8 Å². The SMILES string of the molecule is Cn1nc(-c2ccccc2)c(C2CCC2)c1NC(=O)C[C@@](C)(O)c1ccccc1F. The summed E-state index contributed by atoms with van der Waals surface area (Å²) in [6, 6.07) is 15.9. The molecule has 1 aliphatic rings. The van der Waals surface area contributed by atoms with E-state index in [0.29, 0.717) is 11.7 Å². The molecule has 4 rings (SSSR count). The molecule has 0 saturated heterocycles. The third kappa shape index (κ3) is 3.87. The number of benzene rings is 2. The number of anilines is 1. The van der Waals surface area contributed by atoms with E-state index in [0.717, 1.165) is 36.1 Å². The van der Waals surface area contributed by atoms with Gasteiger partial charge in [0.05, 0.1) is 17.7 Å². The number of nitrogens with one attached hydrogen (secondary N) is 1. The summed E-state index contributed by atoms with van der Waals surface area (Å²) in [5.74, 6) is 0.0768. The normalized spacial score (nSPS) is 16.0. The fraction of sp³-hybridized carbons (Fsp3) is 0.333. The zero-order valence-electron chi connectivity index (χ0n) is 17.2. The molecule has 1 fully saturated rings. The van der Waals surface area contributed by atoms with Crippen LogP contribution in [0.15, 0.2) is 54.6 Å². The Morgan fingerprint density at radius 1 is 1.20 bits per heavy atom. The van der Waals surface area contributed by atoms with Crippen LogP contribution >= 0.6 is 0 Å². The Kier molecular flexibility index (Phi) is 5.43. The largest absolute Gasteiger partial charge is 0.385 e. The van der Waals surface area contributed by atoms with Crippen molar-refractivity contribution in [3.05, 3.63) is 71.5 Å². The van der Waals surface area contributed by atoms with Gasteiger partial charge in [0, 0.05) is 23.7 Å². The lowest BCUT2D eigenvalue weighted by Gasteiger charge is -2.27. The monoisotopic (exact) mass is 407 g/mol. The highest BCUT2D eigenvalue weighted by atomic mass is 19.1. The summed E-state index contributed by atoms with van der Waals surface area (Å²) in [6.07, 6.45) is 3.01. The number of hydrogen-bond acceptors (Lipinski definition) is 3. The molecular weight excluding hydrogens is 381 g/mol. The molecule has 3 aromatic rings. The number of halogens is 1. The lowest BCUT2D eigenvalue weighted by Crippen LogP contribution is -2.30. The van der Waals surface area contributed by atoms with Crippen molar-refractivity contribution in [2.75, 3.05) is 5.32 Å². The second-order valence-corrected chi connectivity index (χ2v) is 8.21. The van der Waals surface area contributed by atoms with Crippen LogP contribution < -0.4 is 5.32 Å². The highest BCUT2D eigenvalue weighted by Gasteiger charge is 2.33. The number of amides is 1. The van der Waals surface area contributed by atoms with Gasteiger partial charge in [-0.1, -0.05) is 55.0 Å². The Labute approximate surface area is 175 Å². The molecule has 1 amide bonds. The lowest BCUT2D eigenvalue weighted by atomic mass is 9.79. The van der Waals surface area contributed by atoms with Crippen LogP contribution in [0, 0.1) is 5.82 Å². The molecule has 2 N–H and O–H groups in total. The van der Waals surface area contributed by atoms with Crippen LogP contribution in [0.2, 0.25) is 0 Å². The van der Waals surface area contributed by atoms with Gasteiger partial charge >= 0.3 is 0 Å². The summed E-state index contributed by atoms with van der Waals surface area (Å²) in [7, 11) is 1.80. The van der Waals surface area contributed by atoms with Crippen LogP contribution in [0.5, 0.6) is 0 Å². The molecule has 0 bridgehead atoms. The maximum absolute atomic E-state index is 14.1. The first-order valence-corrected chi connectivity index (χ1v) is 10.3. The van der Waals surface area contributed by atoms with Crippen molar-refractivity contribution in [2.24, 2.45) is 7.05 Å². The molecule has 0 radical (unpaired) electrons. The van der Waals surface area contributed by atoms with Crippen LogP contribution in [0.3, 0.4) is 0 Å². The number of aryl methyl sites for hydroxylation is 1. The quantitative estimate of drug-likeness (QED) is 0.621. The number of carbonyl (C=O) groups is 1. The van der Waals surface area contributed by atoms with Gasteiger partial charge in [-0.3, -0.25) is 9.48 Å². The number of aromatic nitrogens is 2. The molecule has 30 heavy (non-hydrogen) atoms. The number of hydrogen-bond donors (Lipinski definition) is 2. The maximum atomic E-state index is 14.1. The molecule has 156 valence electrons. The molecule has 0 spiro atoms. The minimum atomic E-state index is -1.62. The summed E-state index contributed by atoms with van der Waals surface area (Å²) in [4.78, 5) is 12.9. The fourth-order valence-electron chi connectivity index (χ4n) is 4.06. The fourth-order valence-corrected chi connectivity index (χ4v) is 4.06. The van der Waals surface area contributed by atoms with E-state index in [-0.39, 0.29) is 17.9 Å². The van der Waals surface area contributed by atoms with E-state index in [9.17, 15) is 14.3 Å². The third-order valence-corrected chi connectivity index (χ3v) is 5.86. The van der Waals surface area contributed by atoms with Gasteiger partial charge in [-0.25, -0.2) is 4.39 Å². The zero-order chi connectivity index (χ0) is 21.3.